The number of aromatic nitrogens is 2. The zero-order valence-electron chi connectivity index (χ0n) is 11.1. The summed E-state index contributed by atoms with van der Waals surface area (Å²) in [7, 11) is -3.70. The van der Waals surface area contributed by atoms with E-state index in [1.165, 1.54) is 0 Å². The van der Waals surface area contributed by atoms with Gasteiger partial charge in [-0.2, -0.15) is 5.10 Å². The minimum Gasteiger partial charge on any atom is -0.314 e. The zero-order valence-corrected chi connectivity index (χ0v) is 11.9. The largest absolute Gasteiger partial charge is 0.314 e. The van der Waals surface area contributed by atoms with Crippen molar-refractivity contribution in [3.05, 3.63) is 12.4 Å². The first-order chi connectivity index (χ1) is 9.37. The van der Waals surface area contributed by atoms with Crippen molar-refractivity contribution in [1.82, 2.24) is 19.8 Å². The van der Waals surface area contributed by atoms with Gasteiger partial charge in [-0.05, 0) is 26.3 Å². The average molecular weight is 308 g/mol. The van der Waals surface area contributed by atoms with Crippen LogP contribution in [-0.2, 0) is 16.6 Å². The number of rotatable bonds is 5. The predicted molar refractivity (Wildman–Crippen MR) is 69.0 cm³/mol. The van der Waals surface area contributed by atoms with E-state index in [0.29, 0.717) is 12.8 Å². The molecule has 0 aliphatic carbocycles. The summed E-state index contributed by atoms with van der Waals surface area (Å²) in [5, 5.41) is 6.86. The third-order valence-corrected chi connectivity index (χ3v) is 4.67. The Hall–Kier alpha value is -1.06. The molecule has 0 spiro atoms. The fraction of sp³-hybridized carbons (Fsp3) is 0.727. The first-order valence-electron chi connectivity index (χ1n) is 6.43. The zero-order chi connectivity index (χ0) is 14.8. The van der Waals surface area contributed by atoms with E-state index in [1.54, 1.807) is 0 Å². The maximum atomic E-state index is 12.2. The molecule has 0 amide bonds. The SMILES string of the molecule is CC1CC(NS(=O)(=O)c2cnn(CC(F)F)c2)CCN1. The highest BCUT2D eigenvalue weighted by molar-refractivity contribution is 7.89. The Kier molecular flexibility index (Phi) is 4.71. The molecule has 1 aliphatic heterocycles. The van der Waals surface area contributed by atoms with Crippen LogP contribution in [0.25, 0.3) is 0 Å². The van der Waals surface area contributed by atoms with Crippen molar-refractivity contribution in [3.63, 3.8) is 0 Å². The maximum Gasteiger partial charge on any atom is 0.257 e. The van der Waals surface area contributed by atoms with E-state index in [1.807, 2.05) is 6.92 Å². The first kappa shape index (κ1) is 15.3. The minimum absolute atomic E-state index is 0.0793. The second kappa shape index (κ2) is 6.15. The smallest absolute Gasteiger partial charge is 0.257 e. The van der Waals surface area contributed by atoms with Gasteiger partial charge in [0.1, 0.15) is 11.4 Å². The Morgan fingerprint density at radius 2 is 2.35 bits per heavy atom. The van der Waals surface area contributed by atoms with E-state index in [4.69, 9.17) is 0 Å². The minimum atomic E-state index is -3.70. The summed E-state index contributed by atoms with van der Waals surface area (Å²) in [6.07, 6.45) is 1.05. The van der Waals surface area contributed by atoms with Crippen LogP contribution < -0.4 is 10.0 Å². The Labute approximate surface area is 116 Å². The van der Waals surface area contributed by atoms with Gasteiger partial charge in [0.05, 0.1) is 6.20 Å². The highest BCUT2D eigenvalue weighted by atomic mass is 32.2. The molecule has 1 aromatic heterocycles. The quantitative estimate of drug-likeness (QED) is 0.834. The fourth-order valence-corrected chi connectivity index (χ4v) is 3.49. The third-order valence-electron chi connectivity index (χ3n) is 3.19. The van der Waals surface area contributed by atoms with Gasteiger partial charge >= 0.3 is 0 Å². The molecular formula is C11H18F2N4O2S. The second-order valence-corrected chi connectivity index (χ2v) is 6.70. The lowest BCUT2D eigenvalue weighted by molar-refractivity contribution is 0.121. The highest BCUT2D eigenvalue weighted by Crippen LogP contribution is 2.14. The normalized spacial score (nSPS) is 24.2. The van der Waals surface area contributed by atoms with E-state index in [0.717, 1.165) is 23.6 Å². The number of hydrogen-bond acceptors (Lipinski definition) is 4. The third kappa shape index (κ3) is 3.97. The molecule has 1 aliphatic rings. The van der Waals surface area contributed by atoms with Crippen LogP contribution in [0, 0.1) is 0 Å². The van der Waals surface area contributed by atoms with Crippen LogP contribution in [0.15, 0.2) is 17.3 Å². The summed E-state index contributed by atoms with van der Waals surface area (Å²) < 4.78 is 52.2. The van der Waals surface area contributed by atoms with E-state index in [9.17, 15) is 17.2 Å². The molecule has 1 aromatic rings. The summed E-state index contributed by atoms with van der Waals surface area (Å²) in [6.45, 7) is 2.13. The molecule has 2 heterocycles. The van der Waals surface area contributed by atoms with Crippen LogP contribution in [0.3, 0.4) is 0 Å². The van der Waals surface area contributed by atoms with E-state index < -0.39 is 23.0 Å². The van der Waals surface area contributed by atoms with Crippen LogP contribution in [-0.4, -0.2) is 43.3 Å². The van der Waals surface area contributed by atoms with Gasteiger partial charge in [0.2, 0.25) is 10.0 Å². The molecule has 0 radical (unpaired) electrons. The molecule has 1 saturated heterocycles. The number of nitrogens with zero attached hydrogens (tertiary/aromatic N) is 2. The molecule has 2 N–H and O–H groups in total. The van der Waals surface area contributed by atoms with Crippen LogP contribution in [0.4, 0.5) is 8.78 Å². The second-order valence-electron chi connectivity index (χ2n) is 4.99. The van der Waals surface area contributed by atoms with Crippen molar-refractivity contribution < 1.29 is 17.2 Å². The van der Waals surface area contributed by atoms with Crippen LogP contribution in [0.1, 0.15) is 19.8 Å². The van der Waals surface area contributed by atoms with E-state index in [2.05, 4.69) is 15.1 Å². The summed E-state index contributed by atoms with van der Waals surface area (Å²) in [5.74, 6) is 0. The molecule has 2 atom stereocenters. The maximum absolute atomic E-state index is 12.2. The van der Waals surface area contributed by atoms with Crippen LogP contribution in [0.2, 0.25) is 0 Å². The monoisotopic (exact) mass is 308 g/mol. The van der Waals surface area contributed by atoms with Crippen molar-refractivity contribution in [2.75, 3.05) is 6.54 Å². The molecule has 0 saturated carbocycles. The Balaban J connectivity index is 2.04. The average Bonchev–Trinajstić information content (AvgIpc) is 2.76. The highest BCUT2D eigenvalue weighted by Gasteiger charge is 2.25. The first-order valence-corrected chi connectivity index (χ1v) is 7.91. The van der Waals surface area contributed by atoms with Gasteiger partial charge in [-0.1, -0.05) is 0 Å². The summed E-state index contributed by atoms with van der Waals surface area (Å²) in [6, 6.07) is 0.104. The molecule has 2 unspecified atom stereocenters. The molecule has 0 aromatic carbocycles. The fourth-order valence-electron chi connectivity index (χ4n) is 2.25. The lowest BCUT2D eigenvalue weighted by atomic mass is 10.0. The molecule has 2 rings (SSSR count). The van der Waals surface area contributed by atoms with E-state index in [-0.39, 0.29) is 17.0 Å². The molecular weight excluding hydrogens is 290 g/mol. The molecule has 1 fully saturated rings. The van der Waals surface area contributed by atoms with Crippen molar-refractivity contribution in [2.24, 2.45) is 0 Å². The molecule has 0 bridgehead atoms. The number of alkyl halides is 2. The number of nitrogens with one attached hydrogen (secondary N) is 2. The van der Waals surface area contributed by atoms with Gasteiger partial charge in [-0.3, -0.25) is 4.68 Å². The topological polar surface area (TPSA) is 76.0 Å². The Bertz CT molecular complexity index is 546. The summed E-state index contributed by atoms with van der Waals surface area (Å²) in [4.78, 5) is -0.0793. The van der Waals surface area contributed by atoms with Gasteiger partial charge in [-0.15, -0.1) is 0 Å². The molecule has 114 valence electrons. The number of sulfonamides is 1. The number of hydrogen-bond donors (Lipinski definition) is 2. The molecule has 9 heteroatoms. The van der Waals surface area contributed by atoms with Gasteiger partial charge < -0.3 is 5.32 Å². The van der Waals surface area contributed by atoms with Gasteiger partial charge in [0, 0.05) is 18.3 Å². The summed E-state index contributed by atoms with van der Waals surface area (Å²) in [5.41, 5.74) is 0. The lowest BCUT2D eigenvalue weighted by Gasteiger charge is -2.28. The Morgan fingerprint density at radius 1 is 1.60 bits per heavy atom. The predicted octanol–water partition coefficient (Wildman–Crippen LogP) is 0.567. The van der Waals surface area contributed by atoms with Gasteiger partial charge in [0.15, 0.2) is 0 Å². The number of halogens is 2. The van der Waals surface area contributed by atoms with Crippen molar-refractivity contribution >= 4 is 10.0 Å². The van der Waals surface area contributed by atoms with Crippen LogP contribution >= 0.6 is 0 Å². The van der Waals surface area contributed by atoms with E-state index >= 15 is 0 Å². The van der Waals surface area contributed by atoms with Crippen molar-refractivity contribution in [2.45, 2.75) is 49.7 Å². The molecule has 20 heavy (non-hydrogen) atoms. The molecule has 6 nitrogen and oxygen atoms in total. The van der Waals surface area contributed by atoms with Crippen molar-refractivity contribution in [3.8, 4) is 0 Å². The lowest BCUT2D eigenvalue weighted by Crippen LogP contribution is -2.46. The number of piperidine rings is 1. The van der Waals surface area contributed by atoms with Crippen LogP contribution in [0.5, 0.6) is 0 Å². The standard InChI is InChI=1S/C11H18F2N4O2S/c1-8-4-9(2-3-14-8)16-20(18,19)10-5-15-17(6-10)7-11(12)13/h5-6,8-9,11,14,16H,2-4,7H2,1H3. The summed E-state index contributed by atoms with van der Waals surface area (Å²) >= 11 is 0. The van der Waals surface area contributed by atoms with Crippen molar-refractivity contribution in [1.29, 1.82) is 0 Å². The van der Waals surface area contributed by atoms with Gasteiger partial charge in [0.25, 0.3) is 6.43 Å². The van der Waals surface area contributed by atoms with Gasteiger partial charge in [-0.25, -0.2) is 21.9 Å². The Morgan fingerprint density at radius 3 is 3.00 bits per heavy atom.